The van der Waals surface area contributed by atoms with Crippen molar-refractivity contribution in [2.24, 2.45) is 5.73 Å². The molecule has 1 amide bonds. The number of primary amides is 1. The van der Waals surface area contributed by atoms with Crippen molar-refractivity contribution < 1.29 is 13.9 Å². The Morgan fingerprint density at radius 3 is 2.45 bits per heavy atom. The molecule has 0 aliphatic carbocycles. The predicted molar refractivity (Wildman–Crippen MR) is 117 cm³/mol. The van der Waals surface area contributed by atoms with E-state index in [2.05, 4.69) is 15.3 Å². The van der Waals surface area contributed by atoms with Crippen LogP contribution < -0.4 is 15.8 Å². The van der Waals surface area contributed by atoms with Crippen LogP contribution in [0.25, 0.3) is 11.3 Å². The molecule has 7 heteroatoms. The van der Waals surface area contributed by atoms with Crippen molar-refractivity contribution in [3.05, 3.63) is 96.1 Å². The van der Waals surface area contributed by atoms with Gasteiger partial charge in [0.1, 0.15) is 23.1 Å². The molecule has 2 aromatic carbocycles. The highest BCUT2D eigenvalue weighted by atomic mass is 19.1. The van der Waals surface area contributed by atoms with Gasteiger partial charge in [0, 0.05) is 34.8 Å². The monoisotopic (exact) mass is 414 g/mol. The Labute approximate surface area is 178 Å². The fourth-order valence-electron chi connectivity index (χ4n) is 2.98. The summed E-state index contributed by atoms with van der Waals surface area (Å²) in [5.41, 5.74) is 8.64. The molecule has 0 aliphatic rings. The zero-order chi connectivity index (χ0) is 21.8. The maximum Gasteiger partial charge on any atom is 0.248 e. The Hall–Kier alpha value is -4.26. The average molecular weight is 414 g/mol. The van der Waals surface area contributed by atoms with Crippen LogP contribution in [0.2, 0.25) is 0 Å². The summed E-state index contributed by atoms with van der Waals surface area (Å²) in [5.74, 6) is 0.865. The fraction of sp³-hybridized carbons (Fsp3) is 0.0417. The van der Waals surface area contributed by atoms with E-state index in [0.29, 0.717) is 28.6 Å². The van der Waals surface area contributed by atoms with Crippen LogP contribution in [0.4, 0.5) is 15.9 Å². The summed E-state index contributed by atoms with van der Waals surface area (Å²) in [6, 6.07) is 20.0. The van der Waals surface area contributed by atoms with Gasteiger partial charge in [-0.25, -0.2) is 14.4 Å². The highest BCUT2D eigenvalue weighted by Crippen LogP contribution is 2.33. The lowest BCUT2D eigenvalue weighted by Gasteiger charge is -2.13. The minimum Gasteiger partial charge on any atom is -0.455 e. The maximum atomic E-state index is 13.3. The number of nitrogens with one attached hydrogen (secondary N) is 1. The third-order valence-corrected chi connectivity index (χ3v) is 4.52. The van der Waals surface area contributed by atoms with Crippen molar-refractivity contribution in [1.82, 2.24) is 9.97 Å². The van der Waals surface area contributed by atoms with Gasteiger partial charge in [0.25, 0.3) is 0 Å². The molecule has 2 heterocycles. The van der Waals surface area contributed by atoms with Crippen LogP contribution in [0.3, 0.4) is 0 Å². The molecule has 0 bridgehead atoms. The second-order valence-electron chi connectivity index (χ2n) is 6.85. The minimum atomic E-state index is -0.483. The SMILES string of the molecule is Cc1ccc(Oc2ccnc(Nc3ccc(C(N)=O)cc3)c2)c(-c2ccc(F)cc2)n1. The first-order valence-corrected chi connectivity index (χ1v) is 9.52. The molecule has 0 saturated heterocycles. The van der Waals surface area contributed by atoms with Crippen LogP contribution >= 0.6 is 0 Å². The Kier molecular flexibility index (Phi) is 5.57. The highest BCUT2D eigenvalue weighted by molar-refractivity contribution is 5.93. The van der Waals surface area contributed by atoms with Crippen LogP contribution in [0, 0.1) is 12.7 Å². The van der Waals surface area contributed by atoms with E-state index in [1.165, 1.54) is 12.1 Å². The summed E-state index contributed by atoms with van der Waals surface area (Å²) in [4.78, 5) is 20.1. The molecular formula is C24H19FN4O2. The number of anilines is 2. The van der Waals surface area contributed by atoms with E-state index in [-0.39, 0.29) is 5.82 Å². The summed E-state index contributed by atoms with van der Waals surface area (Å²) in [7, 11) is 0. The number of nitrogens with zero attached hydrogens (tertiary/aromatic N) is 2. The first-order chi connectivity index (χ1) is 15.0. The number of halogens is 1. The lowest BCUT2D eigenvalue weighted by molar-refractivity contribution is 0.100. The number of pyridine rings is 2. The second kappa shape index (κ2) is 8.62. The van der Waals surface area contributed by atoms with Crippen molar-refractivity contribution in [2.45, 2.75) is 6.92 Å². The number of benzene rings is 2. The first-order valence-electron chi connectivity index (χ1n) is 9.52. The smallest absolute Gasteiger partial charge is 0.248 e. The number of rotatable bonds is 6. The summed E-state index contributed by atoms with van der Waals surface area (Å²) >= 11 is 0. The molecule has 0 spiro atoms. The molecule has 4 aromatic rings. The number of aryl methyl sites for hydroxylation is 1. The average Bonchev–Trinajstić information content (AvgIpc) is 2.76. The van der Waals surface area contributed by atoms with Crippen molar-refractivity contribution in [3.8, 4) is 22.8 Å². The van der Waals surface area contributed by atoms with Gasteiger partial charge in [-0.05, 0) is 73.7 Å². The molecule has 0 atom stereocenters. The minimum absolute atomic E-state index is 0.312. The summed E-state index contributed by atoms with van der Waals surface area (Å²) in [6.45, 7) is 1.88. The number of carbonyl (C=O) groups is 1. The van der Waals surface area contributed by atoms with E-state index >= 15 is 0 Å². The number of nitrogens with two attached hydrogens (primary N) is 1. The Balaban J connectivity index is 1.58. The van der Waals surface area contributed by atoms with Gasteiger partial charge in [0.05, 0.1) is 0 Å². The van der Waals surface area contributed by atoms with E-state index in [1.54, 1.807) is 54.7 Å². The van der Waals surface area contributed by atoms with Gasteiger partial charge >= 0.3 is 0 Å². The number of aromatic nitrogens is 2. The first kappa shape index (κ1) is 20.0. The molecule has 154 valence electrons. The van der Waals surface area contributed by atoms with Crippen LogP contribution in [0.1, 0.15) is 16.1 Å². The lowest BCUT2D eigenvalue weighted by Crippen LogP contribution is -2.10. The van der Waals surface area contributed by atoms with Crippen molar-refractivity contribution in [1.29, 1.82) is 0 Å². The Morgan fingerprint density at radius 1 is 1.00 bits per heavy atom. The fourth-order valence-corrected chi connectivity index (χ4v) is 2.98. The molecule has 0 unspecified atom stereocenters. The van der Waals surface area contributed by atoms with E-state index in [9.17, 15) is 9.18 Å². The van der Waals surface area contributed by atoms with E-state index in [4.69, 9.17) is 10.5 Å². The number of hydrogen-bond acceptors (Lipinski definition) is 5. The van der Waals surface area contributed by atoms with E-state index in [1.807, 2.05) is 19.1 Å². The van der Waals surface area contributed by atoms with E-state index < -0.39 is 5.91 Å². The van der Waals surface area contributed by atoms with Crippen LogP contribution in [-0.4, -0.2) is 15.9 Å². The Morgan fingerprint density at radius 2 is 1.74 bits per heavy atom. The lowest BCUT2D eigenvalue weighted by atomic mass is 10.1. The molecule has 31 heavy (non-hydrogen) atoms. The highest BCUT2D eigenvalue weighted by Gasteiger charge is 2.11. The zero-order valence-corrected chi connectivity index (χ0v) is 16.7. The Bertz CT molecular complexity index is 1230. The van der Waals surface area contributed by atoms with Crippen molar-refractivity contribution in [2.75, 3.05) is 5.32 Å². The second-order valence-corrected chi connectivity index (χ2v) is 6.85. The quantitative estimate of drug-likeness (QED) is 0.451. The van der Waals surface area contributed by atoms with Gasteiger partial charge < -0.3 is 15.8 Å². The summed E-state index contributed by atoms with van der Waals surface area (Å²) < 4.78 is 19.4. The topological polar surface area (TPSA) is 90.1 Å². The van der Waals surface area contributed by atoms with Gasteiger partial charge in [-0.2, -0.15) is 0 Å². The van der Waals surface area contributed by atoms with Gasteiger partial charge in [-0.1, -0.05) is 0 Å². The third-order valence-electron chi connectivity index (χ3n) is 4.52. The molecule has 0 fully saturated rings. The largest absolute Gasteiger partial charge is 0.455 e. The number of hydrogen-bond donors (Lipinski definition) is 2. The predicted octanol–water partition coefficient (Wildman–Crippen LogP) is 5.23. The zero-order valence-electron chi connectivity index (χ0n) is 16.7. The molecule has 0 aliphatic heterocycles. The van der Waals surface area contributed by atoms with Gasteiger partial charge in [0.2, 0.25) is 5.91 Å². The molecule has 4 rings (SSSR count). The number of carbonyl (C=O) groups excluding carboxylic acids is 1. The van der Waals surface area contributed by atoms with Gasteiger partial charge in [0.15, 0.2) is 5.75 Å². The number of amides is 1. The molecule has 6 nitrogen and oxygen atoms in total. The normalized spacial score (nSPS) is 10.5. The van der Waals surface area contributed by atoms with Crippen molar-refractivity contribution >= 4 is 17.4 Å². The van der Waals surface area contributed by atoms with Gasteiger partial charge in [-0.15, -0.1) is 0 Å². The maximum absolute atomic E-state index is 13.3. The van der Waals surface area contributed by atoms with Crippen LogP contribution in [0.5, 0.6) is 11.5 Å². The van der Waals surface area contributed by atoms with E-state index in [0.717, 1.165) is 16.9 Å². The molecule has 0 saturated carbocycles. The standard InChI is InChI=1S/C24H19FN4O2/c1-15-2-11-21(23(28-15)16-3-7-18(25)8-4-16)31-20-12-13-27-22(14-20)29-19-9-5-17(6-10-19)24(26)30/h2-14H,1H3,(H2,26,30)(H,27,29). The molecule has 3 N–H and O–H groups in total. The van der Waals surface area contributed by atoms with Gasteiger partial charge in [-0.3, -0.25) is 4.79 Å². The summed E-state index contributed by atoms with van der Waals surface area (Å²) in [6.07, 6.45) is 1.62. The molecule has 2 aromatic heterocycles. The molecular weight excluding hydrogens is 395 g/mol. The summed E-state index contributed by atoms with van der Waals surface area (Å²) in [5, 5.41) is 3.16. The van der Waals surface area contributed by atoms with Crippen LogP contribution in [-0.2, 0) is 0 Å². The molecule has 0 radical (unpaired) electrons. The third kappa shape index (κ3) is 4.84. The number of ether oxygens (including phenoxy) is 1. The van der Waals surface area contributed by atoms with Crippen molar-refractivity contribution in [3.63, 3.8) is 0 Å². The van der Waals surface area contributed by atoms with Crippen LogP contribution in [0.15, 0.2) is 79.0 Å².